The molecule has 1 heterocycles. The summed E-state index contributed by atoms with van der Waals surface area (Å²) < 4.78 is 37.9. The van der Waals surface area contributed by atoms with Gasteiger partial charge in [0.05, 0.1) is 10.6 Å². The number of rotatable bonds is 7. The number of carbonyl (C=O) groups is 1. The number of benzene rings is 2. The van der Waals surface area contributed by atoms with E-state index in [1.807, 2.05) is 18.2 Å². The number of aryl methyl sites for hydroxylation is 1. The Kier molecular flexibility index (Phi) is 5.88. The fourth-order valence-electron chi connectivity index (χ4n) is 2.41. The highest BCUT2D eigenvalue weighted by Crippen LogP contribution is 2.22. The maximum atomic E-state index is 12.5. The Hall–Kier alpha value is -3.33. The van der Waals surface area contributed by atoms with E-state index in [2.05, 4.69) is 15.2 Å². The summed E-state index contributed by atoms with van der Waals surface area (Å²) in [4.78, 5) is 12.3. The van der Waals surface area contributed by atoms with Crippen LogP contribution in [0.4, 0.5) is 11.6 Å². The largest absolute Gasteiger partial charge is 0.481 e. The van der Waals surface area contributed by atoms with Crippen molar-refractivity contribution in [2.45, 2.75) is 31.8 Å². The standard InChI is InChI=1S/C20H21N3O5S/c1-13-14(2)22-28-20(13)23-29(25,26)18-11-9-16(10-12-18)21-19(24)15(3)27-17-7-5-4-6-8-17/h4-12,15,23H,1-3H3,(H,21,24). The first-order valence-corrected chi connectivity index (χ1v) is 10.3. The number of hydrogen-bond donors (Lipinski definition) is 2. The molecule has 3 rings (SSSR count). The molecule has 3 aromatic rings. The molecular weight excluding hydrogens is 394 g/mol. The molecule has 29 heavy (non-hydrogen) atoms. The van der Waals surface area contributed by atoms with E-state index in [0.717, 1.165) is 0 Å². The van der Waals surface area contributed by atoms with Crippen molar-refractivity contribution in [1.29, 1.82) is 0 Å². The zero-order chi connectivity index (χ0) is 21.0. The van der Waals surface area contributed by atoms with Gasteiger partial charge >= 0.3 is 0 Å². The normalized spacial score (nSPS) is 12.2. The van der Waals surface area contributed by atoms with E-state index in [-0.39, 0.29) is 16.7 Å². The van der Waals surface area contributed by atoms with Gasteiger partial charge in [0.25, 0.3) is 15.9 Å². The van der Waals surface area contributed by atoms with Gasteiger partial charge in [-0.1, -0.05) is 23.4 Å². The number of sulfonamides is 1. The van der Waals surface area contributed by atoms with Crippen molar-refractivity contribution in [3.05, 3.63) is 65.9 Å². The van der Waals surface area contributed by atoms with Gasteiger partial charge in [0.1, 0.15) is 5.75 Å². The predicted molar refractivity (Wildman–Crippen MR) is 108 cm³/mol. The maximum Gasteiger partial charge on any atom is 0.265 e. The molecule has 0 radical (unpaired) electrons. The lowest BCUT2D eigenvalue weighted by Crippen LogP contribution is -2.30. The van der Waals surface area contributed by atoms with Crippen molar-refractivity contribution < 1.29 is 22.5 Å². The molecule has 0 aliphatic rings. The highest BCUT2D eigenvalue weighted by atomic mass is 32.2. The third kappa shape index (κ3) is 4.94. The first kappa shape index (κ1) is 20.4. The molecule has 0 aliphatic heterocycles. The molecule has 9 heteroatoms. The summed E-state index contributed by atoms with van der Waals surface area (Å²) in [5.41, 5.74) is 1.67. The van der Waals surface area contributed by atoms with Crippen molar-refractivity contribution in [1.82, 2.24) is 5.16 Å². The number of hydrogen-bond acceptors (Lipinski definition) is 6. The first-order valence-electron chi connectivity index (χ1n) is 8.84. The highest BCUT2D eigenvalue weighted by Gasteiger charge is 2.20. The van der Waals surface area contributed by atoms with E-state index >= 15 is 0 Å². The molecule has 0 aliphatic carbocycles. The summed E-state index contributed by atoms with van der Waals surface area (Å²) in [7, 11) is -3.85. The number of aromatic nitrogens is 1. The molecule has 0 saturated carbocycles. The van der Waals surface area contributed by atoms with Crippen molar-refractivity contribution in [3.63, 3.8) is 0 Å². The van der Waals surface area contributed by atoms with Crippen molar-refractivity contribution in [3.8, 4) is 5.75 Å². The fraction of sp³-hybridized carbons (Fsp3) is 0.200. The molecule has 2 N–H and O–H groups in total. The molecule has 0 fully saturated rings. The number of nitrogens with one attached hydrogen (secondary N) is 2. The lowest BCUT2D eigenvalue weighted by Gasteiger charge is -2.15. The van der Waals surface area contributed by atoms with Crippen LogP contribution in [0.1, 0.15) is 18.2 Å². The number of para-hydroxylation sites is 1. The van der Waals surface area contributed by atoms with E-state index in [1.165, 1.54) is 24.3 Å². The Labute approximate surface area is 168 Å². The zero-order valence-electron chi connectivity index (χ0n) is 16.2. The summed E-state index contributed by atoms with van der Waals surface area (Å²) in [6.45, 7) is 5.06. The molecule has 1 unspecified atom stereocenters. The van der Waals surface area contributed by atoms with Crippen molar-refractivity contribution >= 4 is 27.5 Å². The van der Waals surface area contributed by atoms with Crippen LogP contribution in [-0.4, -0.2) is 25.6 Å². The average Bonchev–Trinajstić information content (AvgIpc) is 3.01. The van der Waals surface area contributed by atoms with E-state index in [9.17, 15) is 13.2 Å². The van der Waals surface area contributed by atoms with E-state index in [1.54, 1.807) is 32.9 Å². The Morgan fingerprint density at radius 3 is 2.31 bits per heavy atom. The Balaban J connectivity index is 1.64. The summed E-state index contributed by atoms with van der Waals surface area (Å²) in [6, 6.07) is 14.8. The number of anilines is 2. The molecular formula is C20H21N3O5S. The Morgan fingerprint density at radius 2 is 1.72 bits per heavy atom. The van der Waals surface area contributed by atoms with Gasteiger partial charge in [0, 0.05) is 11.3 Å². The second kappa shape index (κ2) is 8.36. The van der Waals surface area contributed by atoms with E-state index in [0.29, 0.717) is 22.7 Å². The minimum atomic E-state index is -3.85. The molecule has 152 valence electrons. The van der Waals surface area contributed by atoms with Gasteiger partial charge in [-0.25, -0.2) is 13.1 Å². The Bertz CT molecular complexity index is 1090. The van der Waals surface area contributed by atoms with Crippen LogP contribution in [0.3, 0.4) is 0 Å². The Morgan fingerprint density at radius 1 is 1.07 bits per heavy atom. The van der Waals surface area contributed by atoms with Gasteiger partial charge in [-0.2, -0.15) is 0 Å². The molecule has 8 nitrogen and oxygen atoms in total. The van der Waals surface area contributed by atoms with Crippen LogP contribution < -0.4 is 14.8 Å². The molecule has 0 saturated heterocycles. The fourth-order valence-corrected chi connectivity index (χ4v) is 3.46. The second-order valence-corrected chi connectivity index (χ2v) is 8.10. The second-order valence-electron chi connectivity index (χ2n) is 6.41. The molecule has 1 aromatic heterocycles. The van der Waals surface area contributed by atoms with Crippen molar-refractivity contribution in [2.24, 2.45) is 0 Å². The summed E-state index contributed by atoms with van der Waals surface area (Å²) in [6.07, 6.45) is -0.722. The summed E-state index contributed by atoms with van der Waals surface area (Å²) in [5.74, 6) is 0.308. The predicted octanol–water partition coefficient (Wildman–Crippen LogP) is 3.50. The number of nitrogens with zero attached hydrogens (tertiary/aromatic N) is 1. The minimum absolute atomic E-state index is 0.0255. The van der Waals surface area contributed by atoms with Crippen LogP contribution in [0.2, 0.25) is 0 Å². The van der Waals surface area contributed by atoms with Crippen LogP contribution in [0.25, 0.3) is 0 Å². The van der Waals surface area contributed by atoms with Crippen LogP contribution in [0.5, 0.6) is 5.75 Å². The third-order valence-corrected chi connectivity index (χ3v) is 5.59. The summed E-state index contributed by atoms with van der Waals surface area (Å²) >= 11 is 0. The van der Waals surface area contributed by atoms with E-state index in [4.69, 9.17) is 9.26 Å². The molecule has 1 atom stereocenters. The van der Waals surface area contributed by atoms with Gasteiger partial charge in [-0.3, -0.25) is 4.79 Å². The van der Waals surface area contributed by atoms with Crippen LogP contribution in [0.15, 0.2) is 64.0 Å². The number of amides is 1. The first-order chi connectivity index (χ1) is 13.8. The van der Waals surface area contributed by atoms with Gasteiger partial charge in [0.2, 0.25) is 5.88 Å². The number of ether oxygens (including phenoxy) is 1. The van der Waals surface area contributed by atoms with Crippen molar-refractivity contribution in [2.75, 3.05) is 10.0 Å². The smallest absolute Gasteiger partial charge is 0.265 e. The SMILES string of the molecule is Cc1noc(NS(=O)(=O)c2ccc(NC(=O)C(C)Oc3ccccc3)cc2)c1C. The summed E-state index contributed by atoms with van der Waals surface area (Å²) in [5, 5.41) is 6.42. The molecule has 2 aromatic carbocycles. The van der Waals surface area contributed by atoms with Gasteiger partial charge in [0.15, 0.2) is 6.10 Å². The monoisotopic (exact) mass is 415 g/mol. The number of carbonyl (C=O) groups excluding carboxylic acids is 1. The highest BCUT2D eigenvalue weighted by molar-refractivity contribution is 7.92. The van der Waals surface area contributed by atoms with Crippen LogP contribution >= 0.6 is 0 Å². The zero-order valence-corrected chi connectivity index (χ0v) is 17.0. The van der Waals surface area contributed by atoms with Gasteiger partial charge in [-0.05, 0) is 57.2 Å². The van der Waals surface area contributed by atoms with Crippen LogP contribution in [-0.2, 0) is 14.8 Å². The third-order valence-electron chi connectivity index (χ3n) is 4.24. The maximum absolute atomic E-state index is 12.5. The van der Waals surface area contributed by atoms with E-state index < -0.39 is 16.1 Å². The molecule has 1 amide bonds. The lowest BCUT2D eigenvalue weighted by atomic mass is 10.3. The lowest BCUT2D eigenvalue weighted by molar-refractivity contribution is -0.122. The van der Waals surface area contributed by atoms with Gasteiger partial charge in [-0.15, -0.1) is 0 Å². The van der Waals surface area contributed by atoms with Crippen LogP contribution in [0, 0.1) is 13.8 Å². The van der Waals surface area contributed by atoms with Gasteiger partial charge < -0.3 is 14.6 Å². The molecule has 0 spiro atoms. The molecule has 0 bridgehead atoms. The topological polar surface area (TPSA) is 111 Å². The average molecular weight is 415 g/mol. The minimum Gasteiger partial charge on any atom is -0.481 e. The quantitative estimate of drug-likeness (QED) is 0.611.